The zero-order chi connectivity index (χ0) is 37.2. The van der Waals surface area contributed by atoms with Gasteiger partial charge in [-0.05, 0) is 44.9 Å². The summed E-state index contributed by atoms with van der Waals surface area (Å²) in [7, 11) is 1.15. The van der Waals surface area contributed by atoms with E-state index in [1.807, 2.05) is 21.1 Å². The van der Waals surface area contributed by atoms with Gasteiger partial charge in [-0.2, -0.15) is 0 Å². The number of carbonyl (C=O) groups is 2. The molecule has 0 N–H and O–H groups in total. The highest BCUT2D eigenvalue weighted by atomic mass is 31.2. The van der Waals surface area contributed by atoms with Crippen molar-refractivity contribution in [1.82, 2.24) is 0 Å². The predicted octanol–water partition coefficient (Wildman–Crippen LogP) is 9.94. The lowest BCUT2D eigenvalue weighted by molar-refractivity contribution is -0.870. The Labute approximate surface area is 306 Å². The number of carbonyl (C=O) groups excluding carboxylic acids is 2. The second kappa shape index (κ2) is 33.1. The normalized spacial score (nSPS) is 14.1. The Morgan fingerprint density at radius 1 is 0.640 bits per heavy atom. The van der Waals surface area contributed by atoms with Gasteiger partial charge in [-0.25, -0.2) is 0 Å². The summed E-state index contributed by atoms with van der Waals surface area (Å²) in [4.78, 5) is 37.3. The lowest BCUT2D eigenvalue weighted by Crippen LogP contribution is -2.37. The van der Waals surface area contributed by atoms with Crippen LogP contribution >= 0.6 is 7.82 Å². The van der Waals surface area contributed by atoms with Crippen LogP contribution in [0.15, 0.2) is 36.5 Å². The molecule has 0 aliphatic carbocycles. The molecule has 0 spiro atoms. The number of phosphoric acid groups is 1. The van der Waals surface area contributed by atoms with Crippen LogP contribution in [0, 0.1) is 0 Å². The van der Waals surface area contributed by atoms with E-state index in [-0.39, 0.29) is 26.1 Å². The molecular formula is C40H74NO8P. The zero-order valence-electron chi connectivity index (χ0n) is 32.6. The fourth-order valence-corrected chi connectivity index (χ4v) is 5.81. The molecule has 0 heterocycles. The third-order valence-corrected chi connectivity index (χ3v) is 9.14. The van der Waals surface area contributed by atoms with Crippen molar-refractivity contribution in [3.8, 4) is 0 Å². The van der Waals surface area contributed by atoms with Gasteiger partial charge in [0.05, 0.1) is 27.7 Å². The maximum atomic E-state index is 12.6. The number of quaternary nitrogens is 1. The van der Waals surface area contributed by atoms with E-state index in [9.17, 15) is 19.0 Å². The Bertz CT molecular complexity index is 959. The minimum absolute atomic E-state index is 0.0342. The van der Waals surface area contributed by atoms with Crippen LogP contribution in [-0.4, -0.2) is 70.0 Å². The topological polar surface area (TPSA) is 111 Å². The largest absolute Gasteiger partial charge is 0.756 e. The van der Waals surface area contributed by atoms with Gasteiger partial charge in [-0.15, -0.1) is 0 Å². The number of allylic oxidation sites excluding steroid dienone is 6. The van der Waals surface area contributed by atoms with Crippen molar-refractivity contribution < 1.29 is 42.1 Å². The minimum atomic E-state index is -4.62. The molecule has 0 fully saturated rings. The van der Waals surface area contributed by atoms with Crippen LogP contribution in [0.25, 0.3) is 0 Å². The molecule has 0 aromatic carbocycles. The third-order valence-electron chi connectivity index (χ3n) is 8.17. The maximum absolute atomic E-state index is 12.6. The first-order valence-electron chi connectivity index (χ1n) is 19.7. The lowest BCUT2D eigenvalue weighted by atomic mass is 10.1. The van der Waals surface area contributed by atoms with E-state index >= 15 is 0 Å². The molecule has 0 saturated heterocycles. The van der Waals surface area contributed by atoms with Crippen molar-refractivity contribution >= 4 is 19.8 Å². The average Bonchev–Trinajstić information content (AvgIpc) is 3.06. The molecule has 0 rings (SSSR count). The first-order chi connectivity index (χ1) is 24.0. The SMILES string of the molecule is CC/C=C/C/C=C/C/C=C/CCCCCCCC(=O)O[C@H](COC(=O)CCCCCCCCCCCCC)COP(=O)([O-])OCC[N+](C)(C)C. The number of ether oxygens (including phenoxy) is 2. The molecule has 2 atom stereocenters. The number of esters is 2. The first-order valence-corrected chi connectivity index (χ1v) is 21.2. The summed E-state index contributed by atoms with van der Waals surface area (Å²) in [5, 5.41) is 0. The smallest absolute Gasteiger partial charge is 0.306 e. The monoisotopic (exact) mass is 728 g/mol. The molecule has 292 valence electrons. The van der Waals surface area contributed by atoms with Gasteiger partial charge in [-0.1, -0.05) is 134 Å². The van der Waals surface area contributed by atoms with E-state index in [1.54, 1.807) is 0 Å². The Balaban J connectivity index is 4.45. The highest BCUT2D eigenvalue weighted by Gasteiger charge is 2.21. The Morgan fingerprint density at radius 2 is 1.14 bits per heavy atom. The van der Waals surface area contributed by atoms with Gasteiger partial charge in [0.1, 0.15) is 19.8 Å². The van der Waals surface area contributed by atoms with E-state index in [4.69, 9.17) is 18.5 Å². The number of hydrogen-bond donors (Lipinski definition) is 0. The van der Waals surface area contributed by atoms with Crippen LogP contribution in [0.3, 0.4) is 0 Å². The van der Waals surface area contributed by atoms with E-state index in [0.717, 1.165) is 70.6 Å². The highest BCUT2D eigenvalue weighted by molar-refractivity contribution is 7.45. The van der Waals surface area contributed by atoms with Crippen LogP contribution in [0.5, 0.6) is 0 Å². The van der Waals surface area contributed by atoms with Crippen LogP contribution < -0.4 is 4.89 Å². The second-order valence-corrected chi connectivity index (χ2v) is 15.7. The van der Waals surface area contributed by atoms with Crippen LogP contribution in [0.4, 0.5) is 0 Å². The fraction of sp³-hybridized carbons (Fsp3) is 0.800. The quantitative estimate of drug-likeness (QED) is 0.0209. The maximum Gasteiger partial charge on any atom is 0.306 e. The van der Waals surface area contributed by atoms with Crippen LogP contribution in [0.2, 0.25) is 0 Å². The summed E-state index contributed by atoms with van der Waals surface area (Å²) in [5.74, 6) is -0.856. The van der Waals surface area contributed by atoms with Gasteiger partial charge >= 0.3 is 11.9 Å². The molecule has 0 radical (unpaired) electrons. The van der Waals surface area contributed by atoms with Crippen LogP contribution in [-0.2, 0) is 32.7 Å². The second-order valence-electron chi connectivity index (χ2n) is 14.3. The van der Waals surface area contributed by atoms with E-state index in [1.165, 1.54) is 51.4 Å². The molecule has 0 aromatic heterocycles. The van der Waals surface area contributed by atoms with Crippen molar-refractivity contribution in [3.05, 3.63) is 36.5 Å². The molecular weight excluding hydrogens is 653 g/mol. The van der Waals surface area contributed by atoms with Gasteiger partial charge in [0, 0.05) is 12.8 Å². The predicted molar refractivity (Wildman–Crippen MR) is 204 cm³/mol. The van der Waals surface area contributed by atoms with Crippen molar-refractivity contribution in [2.24, 2.45) is 0 Å². The Kier molecular flexibility index (Phi) is 31.9. The Hall–Kier alpha value is -1.77. The zero-order valence-corrected chi connectivity index (χ0v) is 33.5. The van der Waals surface area contributed by atoms with Crippen LogP contribution in [0.1, 0.15) is 155 Å². The summed E-state index contributed by atoms with van der Waals surface area (Å²) in [5.41, 5.74) is 0. The standard InChI is InChI=1S/C40H74NO8P/c1-6-8-10-12-14-16-18-19-20-21-23-25-27-29-31-33-40(43)49-38(37-48-50(44,45)47-35-34-41(3,4)5)36-46-39(42)32-30-28-26-24-22-17-15-13-11-9-7-2/h8,10,14,16,19-20,38H,6-7,9,11-13,15,17-18,21-37H2,1-5H3/b10-8+,16-14+,20-19+/t38-/m1/s1. The van der Waals surface area contributed by atoms with Crippen molar-refractivity contribution in [1.29, 1.82) is 0 Å². The van der Waals surface area contributed by atoms with Crippen molar-refractivity contribution in [2.45, 2.75) is 161 Å². The van der Waals surface area contributed by atoms with Crippen molar-refractivity contribution in [3.63, 3.8) is 0 Å². The molecule has 0 aliphatic heterocycles. The van der Waals surface area contributed by atoms with E-state index < -0.39 is 32.5 Å². The number of likely N-dealkylation sites (N-methyl/N-ethyl adjacent to an activating group) is 1. The van der Waals surface area contributed by atoms with Gasteiger partial charge in [0.15, 0.2) is 6.10 Å². The summed E-state index contributed by atoms with van der Waals surface area (Å²) in [6.45, 7) is 4.07. The molecule has 0 aliphatic rings. The summed E-state index contributed by atoms with van der Waals surface area (Å²) in [6, 6.07) is 0. The van der Waals surface area contributed by atoms with Gasteiger partial charge in [0.2, 0.25) is 0 Å². The fourth-order valence-electron chi connectivity index (χ4n) is 5.08. The van der Waals surface area contributed by atoms with E-state index in [0.29, 0.717) is 17.4 Å². The van der Waals surface area contributed by atoms with Gasteiger partial charge in [-0.3, -0.25) is 14.2 Å². The number of nitrogens with zero attached hydrogens (tertiary/aromatic N) is 1. The molecule has 0 bridgehead atoms. The summed E-state index contributed by atoms with van der Waals surface area (Å²) >= 11 is 0. The molecule has 0 amide bonds. The number of hydrogen-bond acceptors (Lipinski definition) is 8. The molecule has 50 heavy (non-hydrogen) atoms. The first kappa shape index (κ1) is 48.2. The molecule has 1 unspecified atom stereocenters. The molecule has 0 aromatic rings. The lowest BCUT2D eigenvalue weighted by Gasteiger charge is -2.28. The van der Waals surface area contributed by atoms with Crippen molar-refractivity contribution in [2.75, 3.05) is 47.5 Å². The average molecular weight is 728 g/mol. The number of phosphoric ester groups is 1. The molecule has 10 heteroatoms. The van der Waals surface area contributed by atoms with Gasteiger partial charge < -0.3 is 27.9 Å². The van der Waals surface area contributed by atoms with E-state index in [2.05, 4.69) is 50.3 Å². The minimum Gasteiger partial charge on any atom is -0.756 e. The summed E-state index contributed by atoms with van der Waals surface area (Å²) in [6.07, 6.45) is 34.5. The summed E-state index contributed by atoms with van der Waals surface area (Å²) < 4.78 is 33.7. The highest BCUT2D eigenvalue weighted by Crippen LogP contribution is 2.38. The number of unbranched alkanes of at least 4 members (excludes halogenated alkanes) is 15. The van der Waals surface area contributed by atoms with Gasteiger partial charge in [0.25, 0.3) is 7.82 Å². The molecule has 9 nitrogen and oxygen atoms in total. The number of rotatable bonds is 35. The third kappa shape index (κ3) is 36.0. The molecule has 0 saturated carbocycles. The Morgan fingerprint density at radius 3 is 1.70 bits per heavy atom.